The van der Waals surface area contributed by atoms with Crippen LogP contribution in [0.4, 0.5) is 10.1 Å². The van der Waals surface area contributed by atoms with Crippen LogP contribution >= 0.6 is 34.7 Å². The van der Waals surface area contributed by atoms with Crippen molar-refractivity contribution < 1.29 is 17.6 Å². The number of halogens is 2. The summed E-state index contributed by atoms with van der Waals surface area (Å²) in [5.74, 6) is 0.692. The van der Waals surface area contributed by atoms with Crippen LogP contribution in [0.2, 0.25) is 5.02 Å². The summed E-state index contributed by atoms with van der Waals surface area (Å²) in [6, 6.07) is 15.8. The third-order valence-corrected chi connectivity index (χ3v) is 9.05. The molecule has 3 rings (SSSR count). The predicted molar refractivity (Wildman–Crippen MR) is 130 cm³/mol. The van der Waals surface area contributed by atoms with Crippen LogP contribution in [-0.2, 0) is 20.6 Å². The second-order valence-electron chi connectivity index (χ2n) is 6.77. The molecule has 0 unspecified atom stereocenters. The van der Waals surface area contributed by atoms with E-state index in [0.717, 1.165) is 44.2 Å². The molecule has 0 aliphatic heterocycles. The Bertz CT molecular complexity index is 1120. The maximum absolute atomic E-state index is 13.3. The molecule has 1 amide bonds. The van der Waals surface area contributed by atoms with Crippen molar-refractivity contribution >= 4 is 56.3 Å². The number of nitrogens with zero attached hydrogens (tertiary/aromatic N) is 1. The van der Waals surface area contributed by atoms with Gasteiger partial charge in [0.15, 0.2) is 0 Å². The first-order valence-corrected chi connectivity index (χ1v) is 13.6. The minimum absolute atomic E-state index is 0.116. The summed E-state index contributed by atoms with van der Waals surface area (Å²) in [5, 5.41) is 5.15. The Kier molecular flexibility index (Phi) is 8.98. The molecule has 10 heteroatoms. The van der Waals surface area contributed by atoms with Crippen molar-refractivity contribution in [1.82, 2.24) is 5.32 Å². The fourth-order valence-electron chi connectivity index (χ4n) is 2.83. The first-order valence-electron chi connectivity index (χ1n) is 9.77. The average molecular weight is 513 g/mol. The predicted octanol–water partition coefficient (Wildman–Crippen LogP) is 5.18. The zero-order valence-electron chi connectivity index (χ0n) is 17.0. The first-order chi connectivity index (χ1) is 15.4. The Morgan fingerprint density at radius 2 is 1.84 bits per heavy atom. The Balaban J connectivity index is 1.54. The van der Waals surface area contributed by atoms with Crippen molar-refractivity contribution in [3.63, 3.8) is 0 Å². The number of benzene rings is 2. The van der Waals surface area contributed by atoms with Gasteiger partial charge in [-0.3, -0.25) is 9.10 Å². The van der Waals surface area contributed by atoms with Crippen molar-refractivity contribution in [2.45, 2.75) is 16.4 Å². The van der Waals surface area contributed by atoms with E-state index in [1.54, 1.807) is 23.2 Å². The van der Waals surface area contributed by atoms with Gasteiger partial charge in [0.1, 0.15) is 16.6 Å². The Hall–Kier alpha value is -2.07. The summed E-state index contributed by atoms with van der Waals surface area (Å²) < 4.78 is 40.5. The lowest BCUT2D eigenvalue weighted by atomic mass is 10.2. The van der Waals surface area contributed by atoms with E-state index in [1.165, 1.54) is 30.3 Å². The lowest BCUT2D eigenvalue weighted by Gasteiger charge is -2.23. The van der Waals surface area contributed by atoms with E-state index in [4.69, 9.17) is 11.6 Å². The average Bonchev–Trinajstić information content (AvgIpc) is 3.32. The number of sulfonamides is 1. The molecule has 0 saturated carbocycles. The van der Waals surface area contributed by atoms with E-state index in [1.807, 2.05) is 24.3 Å². The lowest BCUT2D eigenvalue weighted by molar-refractivity contribution is -0.119. The number of hydrogen-bond donors (Lipinski definition) is 1. The summed E-state index contributed by atoms with van der Waals surface area (Å²) in [5.41, 5.74) is 1.29. The molecule has 2 aromatic carbocycles. The quantitative estimate of drug-likeness (QED) is 0.360. The van der Waals surface area contributed by atoms with E-state index in [2.05, 4.69) is 5.32 Å². The Morgan fingerprint density at radius 1 is 1.09 bits per heavy atom. The zero-order chi connectivity index (χ0) is 23.0. The summed E-state index contributed by atoms with van der Waals surface area (Å²) in [6.07, 6.45) is 0.731. The van der Waals surface area contributed by atoms with Crippen LogP contribution in [0, 0.1) is 5.82 Å². The summed E-state index contributed by atoms with van der Waals surface area (Å²) >= 11 is 8.92. The molecular formula is C22H22ClFN2O3S3. The van der Waals surface area contributed by atoms with Gasteiger partial charge in [-0.25, -0.2) is 12.8 Å². The van der Waals surface area contributed by atoms with Crippen LogP contribution in [0.3, 0.4) is 0 Å². The normalized spacial score (nSPS) is 11.3. The number of hydrogen-bond acceptors (Lipinski definition) is 5. The van der Waals surface area contributed by atoms with Crippen LogP contribution in [0.1, 0.15) is 12.0 Å². The number of thioether (sulfide) groups is 1. The van der Waals surface area contributed by atoms with Gasteiger partial charge < -0.3 is 5.32 Å². The molecule has 0 bridgehead atoms. The van der Waals surface area contributed by atoms with Crippen LogP contribution in [0.5, 0.6) is 0 Å². The fraction of sp³-hybridized carbons (Fsp3) is 0.227. The molecule has 0 spiro atoms. The highest BCUT2D eigenvalue weighted by atomic mass is 35.5. The van der Waals surface area contributed by atoms with Gasteiger partial charge >= 0.3 is 0 Å². The molecule has 1 N–H and O–H groups in total. The number of nitrogens with one attached hydrogen (secondary N) is 1. The molecule has 5 nitrogen and oxygen atoms in total. The molecule has 1 heterocycles. The molecule has 1 aromatic heterocycles. The topological polar surface area (TPSA) is 66.5 Å². The van der Waals surface area contributed by atoms with Crippen molar-refractivity contribution in [2.24, 2.45) is 0 Å². The minimum atomic E-state index is -3.94. The van der Waals surface area contributed by atoms with Crippen LogP contribution in [0.15, 0.2) is 70.3 Å². The molecule has 170 valence electrons. The zero-order valence-corrected chi connectivity index (χ0v) is 20.2. The van der Waals surface area contributed by atoms with Gasteiger partial charge in [-0.15, -0.1) is 11.3 Å². The maximum atomic E-state index is 13.3. The molecule has 0 radical (unpaired) electrons. The SMILES string of the molecule is O=C(CN(c1ccc(F)cc1)S(=O)(=O)c1cccs1)NCCCSCc1ccccc1Cl. The van der Waals surface area contributed by atoms with E-state index in [9.17, 15) is 17.6 Å². The minimum Gasteiger partial charge on any atom is -0.354 e. The highest BCUT2D eigenvalue weighted by Gasteiger charge is 2.28. The third kappa shape index (κ3) is 6.71. The maximum Gasteiger partial charge on any atom is 0.274 e. The van der Waals surface area contributed by atoms with Gasteiger partial charge in [-0.2, -0.15) is 11.8 Å². The number of anilines is 1. The lowest BCUT2D eigenvalue weighted by Crippen LogP contribution is -2.41. The largest absolute Gasteiger partial charge is 0.354 e. The second kappa shape index (κ2) is 11.7. The van der Waals surface area contributed by atoms with Crippen molar-refractivity contribution in [3.05, 3.63) is 82.4 Å². The van der Waals surface area contributed by atoms with E-state index in [-0.39, 0.29) is 9.90 Å². The standard InChI is InChI=1S/C22H22ClFN2O3S3/c23-20-6-2-1-5-17(20)16-30-13-4-12-25-21(27)15-26(19-10-8-18(24)9-11-19)32(28,29)22-7-3-14-31-22/h1-3,5-11,14H,4,12-13,15-16H2,(H,25,27). The van der Waals surface area contributed by atoms with Gasteiger partial charge in [-0.05, 0) is 59.5 Å². The van der Waals surface area contributed by atoms with Gasteiger partial charge in [0.2, 0.25) is 5.91 Å². The second-order valence-corrected chi connectivity index (χ2v) is 11.3. The summed E-state index contributed by atoms with van der Waals surface area (Å²) in [7, 11) is -3.94. The fourth-order valence-corrected chi connectivity index (χ4v) is 6.60. The van der Waals surface area contributed by atoms with Gasteiger partial charge in [0.25, 0.3) is 10.0 Å². The highest BCUT2D eigenvalue weighted by Crippen LogP contribution is 2.26. The first kappa shape index (κ1) is 24.6. The monoisotopic (exact) mass is 512 g/mol. The molecule has 0 fully saturated rings. The number of carbonyl (C=O) groups excluding carboxylic acids is 1. The third-order valence-electron chi connectivity index (χ3n) is 4.44. The van der Waals surface area contributed by atoms with E-state index < -0.39 is 28.3 Å². The molecular weight excluding hydrogens is 491 g/mol. The number of rotatable bonds is 11. The van der Waals surface area contributed by atoms with Crippen LogP contribution < -0.4 is 9.62 Å². The number of amides is 1. The van der Waals surface area contributed by atoms with E-state index >= 15 is 0 Å². The molecule has 32 heavy (non-hydrogen) atoms. The summed E-state index contributed by atoms with van der Waals surface area (Å²) in [6.45, 7) is 0.0310. The molecule has 0 aliphatic rings. The molecule has 0 aliphatic carbocycles. The van der Waals surface area contributed by atoms with Crippen molar-refractivity contribution in [2.75, 3.05) is 23.1 Å². The van der Waals surface area contributed by atoms with Crippen molar-refractivity contribution in [3.8, 4) is 0 Å². The number of thiophene rings is 1. The smallest absolute Gasteiger partial charge is 0.274 e. The van der Waals surface area contributed by atoms with Gasteiger partial charge in [0, 0.05) is 17.3 Å². The van der Waals surface area contributed by atoms with E-state index in [0.29, 0.717) is 6.54 Å². The van der Waals surface area contributed by atoms with Gasteiger partial charge in [0.05, 0.1) is 5.69 Å². The Labute approximate surface area is 200 Å². The van der Waals surface area contributed by atoms with Crippen LogP contribution in [-0.4, -0.2) is 33.2 Å². The van der Waals surface area contributed by atoms with Crippen molar-refractivity contribution in [1.29, 1.82) is 0 Å². The molecule has 0 atom stereocenters. The molecule has 3 aromatic rings. The molecule has 0 saturated heterocycles. The summed E-state index contributed by atoms with van der Waals surface area (Å²) in [4.78, 5) is 12.5. The highest BCUT2D eigenvalue weighted by molar-refractivity contribution is 7.98. The number of carbonyl (C=O) groups is 1. The van der Waals surface area contributed by atoms with Gasteiger partial charge in [-0.1, -0.05) is 35.9 Å². The van der Waals surface area contributed by atoms with Crippen LogP contribution in [0.25, 0.3) is 0 Å². The Morgan fingerprint density at radius 3 is 2.53 bits per heavy atom.